The third-order valence-corrected chi connectivity index (χ3v) is 6.96. The third-order valence-electron chi connectivity index (χ3n) is 5.83. The summed E-state index contributed by atoms with van der Waals surface area (Å²) in [6.45, 7) is 3.66. The Labute approximate surface area is 196 Å². The molecule has 0 radical (unpaired) electrons. The highest BCUT2D eigenvalue weighted by molar-refractivity contribution is 7.92. The molecule has 0 saturated carbocycles. The van der Waals surface area contributed by atoms with Crippen LogP contribution in [-0.4, -0.2) is 54.4 Å². The number of anilines is 2. The number of benzene rings is 2. The zero-order chi connectivity index (χ0) is 24.0. The van der Waals surface area contributed by atoms with Gasteiger partial charge in [-0.1, -0.05) is 12.1 Å². The number of amides is 1. The smallest absolute Gasteiger partial charge is 0.241 e. The van der Waals surface area contributed by atoms with E-state index in [2.05, 4.69) is 22.3 Å². The Morgan fingerprint density at radius 1 is 1.06 bits per heavy atom. The van der Waals surface area contributed by atoms with Gasteiger partial charge in [0.1, 0.15) is 18.0 Å². The molecule has 33 heavy (non-hydrogen) atoms. The number of nitrogens with zero attached hydrogens (tertiary/aromatic N) is 2. The number of piperidine rings is 1. The summed E-state index contributed by atoms with van der Waals surface area (Å²) >= 11 is 0. The van der Waals surface area contributed by atoms with E-state index >= 15 is 0 Å². The Morgan fingerprint density at radius 2 is 1.73 bits per heavy atom. The highest BCUT2D eigenvalue weighted by Crippen LogP contribution is 2.33. The van der Waals surface area contributed by atoms with Crippen LogP contribution in [0.5, 0.6) is 11.5 Å². The van der Waals surface area contributed by atoms with Crippen molar-refractivity contribution in [2.45, 2.75) is 32.2 Å². The van der Waals surface area contributed by atoms with Crippen molar-refractivity contribution in [3.8, 4) is 11.5 Å². The van der Waals surface area contributed by atoms with Crippen LogP contribution in [0.25, 0.3) is 0 Å². The molecular weight excluding hydrogens is 442 g/mol. The number of sulfonamides is 1. The Hall–Kier alpha value is -2.94. The van der Waals surface area contributed by atoms with Crippen LogP contribution in [0.3, 0.4) is 0 Å². The molecule has 1 saturated heterocycles. The third kappa shape index (κ3) is 6.31. The SMILES string of the molecule is COc1ccc(N(CC(=O)NC(C)c2ccc(N3CCCCC3)cc2)S(C)(=O)=O)c(OC)c1. The average Bonchev–Trinajstić information content (AvgIpc) is 2.82. The summed E-state index contributed by atoms with van der Waals surface area (Å²) in [6, 6.07) is 12.7. The Morgan fingerprint density at radius 3 is 2.30 bits per heavy atom. The molecule has 1 amide bonds. The number of nitrogens with one attached hydrogen (secondary N) is 1. The fourth-order valence-electron chi connectivity index (χ4n) is 4.00. The van der Waals surface area contributed by atoms with Crippen LogP contribution in [0.15, 0.2) is 42.5 Å². The molecule has 1 aliphatic heterocycles. The summed E-state index contributed by atoms with van der Waals surface area (Å²) in [7, 11) is -0.788. The van der Waals surface area contributed by atoms with Gasteiger partial charge in [-0.15, -0.1) is 0 Å². The van der Waals surface area contributed by atoms with E-state index in [0.29, 0.717) is 11.5 Å². The molecule has 1 aliphatic rings. The van der Waals surface area contributed by atoms with Gasteiger partial charge in [-0.3, -0.25) is 9.10 Å². The lowest BCUT2D eigenvalue weighted by Crippen LogP contribution is -2.41. The van der Waals surface area contributed by atoms with E-state index in [1.807, 2.05) is 19.1 Å². The molecule has 0 bridgehead atoms. The van der Waals surface area contributed by atoms with Gasteiger partial charge < -0.3 is 19.7 Å². The molecular formula is C24H33N3O5S. The lowest BCUT2D eigenvalue weighted by molar-refractivity contribution is -0.120. The van der Waals surface area contributed by atoms with Crippen molar-refractivity contribution in [3.63, 3.8) is 0 Å². The first-order valence-corrected chi connectivity index (χ1v) is 12.9. The summed E-state index contributed by atoms with van der Waals surface area (Å²) in [5, 5.41) is 2.90. The van der Waals surface area contributed by atoms with Gasteiger partial charge in [-0.25, -0.2) is 8.42 Å². The van der Waals surface area contributed by atoms with Crippen LogP contribution in [0.4, 0.5) is 11.4 Å². The number of ether oxygens (including phenoxy) is 2. The average molecular weight is 476 g/mol. The van der Waals surface area contributed by atoms with Gasteiger partial charge in [0, 0.05) is 24.8 Å². The molecule has 1 atom stereocenters. The van der Waals surface area contributed by atoms with Crippen molar-refractivity contribution in [2.75, 3.05) is 49.3 Å². The minimum Gasteiger partial charge on any atom is -0.497 e. The van der Waals surface area contributed by atoms with E-state index in [9.17, 15) is 13.2 Å². The molecule has 8 nitrogen and oxygen atoms in total. The first-order chi connectivity index (χ1) is 15.7. The summed E-state index contributed by atoms with van der Waals surface area (Å²) in [4.78, 5) is 15.2. The van der Waals surface area contributed by atoms with E-state index in [-0.39, 0.29) is 18.3 Å². The Balaban J connectivity index is 1.70. The van der Waals surface area contributed by atoms with Crippen LogP contribution >= 0.6 is 0 Å². The minimum absolute atomic E-state index is 0.271. The molecule has 1 N–H and O–H groups in total. The molecule has 0 aromatic heterocycles. The Kier molecular flexibility index (Phi) is 8.07. The van der Waals surface area contributed by atoms with Crippen molar-refractivity contribution in [1.29, 1.82) is 0 Å². The second kappa shape index (κ2) is 10.8. The second-order valence-electron chi connectivity index (χ2n) is 8.24. The first-order valence-electron chi connectivity index (χ1n) is 11.1. The zero-order valence-corrected chi connectivity index (χ0v) is 20.5. The molecule has 1 fully saturated rings. The van der Waals surface area contributed by atoms with E-state index in [1.54, 1.807) is 18.2 Å². The predicted octanol–water partition coefficient (Wildman–Crippen LogP) is 3.34. The van der Waals surface area contributed by atoms with Gasteiger partial charge in [-0.2, -0.15) is 0 Å². The summed E-state index contributed by atoms with van der Waals surface area (Å²) < 4.78 is 36.5. The highest BCUT2D eigenvalue weighted by atomic mass is 32.2. The highest BCUT2D eigenvalue weighted by Gasteiger charge is 2.25. The fraction of sp³-hybridized carbons (Fsp3) is 0.458. The number of methoxy groups -OCH3 is 2. The van der Waals surface area contributed by atoms with Crippen LogP contribution in [0, 0.1) is 0 Å². The van der Waals surface area contributed by atoms with Crippen molar-refractivity contribution < 1.29 is 22.7 Å². The molecule has 3 rings (SSSR count). The van der Waals surface area contributed by atoms with Crippen molar-refractivity contribution in [1.82, 2.24) is 5.32 Å². The zero-order valence-electron chi connectivity index (χ0n) is 19.7. The van der Waals surface area contributed by atoms with Gasteiger partial charge in [0.05, 0.1) is 32.2 Å². The number of hydrogen-bond acceptors (Lipinski definition) is 6. The van der Waals surface area contributed by atoms with Gasteiger partial charge in [0.15, 0.2) is 0 Å². The van der Waals surface area contributed by atoms with E-state index in [4.69, 9.17) is 9.47 Å². The lowest BCUT2D eigenvalue weighted by Gasteiger charge is -2.29. The number of carbonyl (C=O) groups excluding carboxylic acids is 1. The minimum atomic E-state index is -3.74. The molecule has 0 spiro atoms. The van der Waals surface area contributed by atoms with Gasteiger partial charge in [0.2, 0.25) is 15.9 Å². The topological polar surface area (TPSA) is 88.2 Å². The molecule has 9 heteroatoms. The number of rotatable bonds is 9. The molecule has 1 heterocycles. The monoisotopic (exact) mass is 475 g/mol. The molecule has 0 aliphatic carbocycles. The summed E-state index contributed by atoms with van der Waals surface area (Å²) in [5.74, 6) is 0.412. The van der Waals surface area contributed by atoms with Crippen molar-refractivity contribution in [2.24, 2.45) is 0 Å². The number of hydrogen-bond donors (Lipinski definition) is 1. The fourth-order valence-corrected chi connectivity index (χ4v) is 4.86. The van der Waals surface area contributed by atoms with E-state index in [1.165, 1.54) is 39.2 Å². The molecule has 1 unspecified atom stereocenters. The molecule has 2 aromatic carbocycles. The van der Waals surface area contributed by atoms with Gasteiger partial charge in [-0.05, 0) is 56.0 Å². The van der Waals surface area contributed by atoms with Gasteiger partial charge >= 0.3 is 0 Å². The second-order valence-corrected chi connectivity index (χ2v) is 10.1. The maximum Gasteiger partial charge on any atom is 0.241 e. The van der Waals surface area contributed by atoms with Crippen LogP contribution < -0.4 is 24.0 Å². The molecule has 2 aromatic rings. The first kappa shape index (κ1) is 24.7. The van der Waals surface area contributed by atoms with Crippen LogP contribution in [-0.2, 0) is 14.8 Å². The maximum atomic E-state index is 12.8. The van der Waals surface area contributed by atoms with Crippen LogP contribution in [0.2, 0.25) is 0 Å². The molecule has 180 valence electrons. The van der Waals surface area contributed by atoms with E-state index in [0.717, 1.165) is 29.2 Å². The predicted molar refractivity (Wildman–Crippen MR) is 131 cm³/mol. The summed E-state index contributed by atoms with van der Waals surface area (Å²) in [5.41, 5.74) is 2.42. The summed E-state index contributed by atoms with van der Waals surface area (Å²) in [6.07, 6.45) is 4.77. The van der Waals surface area contributed by atoms with E-state index < -0.39 is 15.9 Å². The standard InChI is InChI=1S/C24H33N3O5S/c1-18(19-8-10-20(11-9-19)26-14-6-5-7-15-26)25-24(28)17-27(33(4,29)30)22-13-12-21(31-2)16-23(22)32-3/h8-13,16,18H,5-7,14-15,17H2,1-4H3,(H,25,28). The van der Waals surface area contributed by atoms with Crippen LogP contribution in [0.1, 0.15) is 37.8 Å². The quantitative estimate of drug-likeness (QED) is 0.599. The van der Waals surface area contributed by atoms with Crippen molar-refractivity contribution in [3.05, 3.63) is 48.0 Å². The lowest BCUT2D eigenvalue weighted by atomic mass is 10.1. The number of carbonyl (C=O) groups is 1. The maximum absolute atomic E-state index is 12.8. The van der Waals surface area contributed by atoms with Gasteiger partial charge in [0.25, 0.3) is 0 Å². The Bertz CT molecular complexity index is 1050. The largest absolute Gasteiger partial charge is 0.497 e. The normalized spacial score (nSPS) is 15.0. The van der Waals surface area contributed by atoms with Crippen molar-refractivity contribution >= 4 is 27.3 Å².